The molecule has 4 aromatic rings. The van der Waals surface area contributed by atoms with Gasteiger partial charge in [0, 0.05) is 38.4 Å². The Morgan fingerprint density at radius 2 is 2.03 bits per heavy atom. The quantitative estimate of drug-likeness (QED) is 0.374. The highest BCUT2D eigenvalue weighted by molar-refractivity contribution is 5.85. The van der Waals surface area contributed by atoms with Crippen molar-refractivity contribution in [3.8, 4) is 17.3 Å². The fourth-order valence-electron chi connectivity index (χ4n) is 4.24. The molecule has 0 atom stereocenters. The number of likely N-dealkylation sites (N-methyl/N-ethyl adjacent to an activating group) is 1. The van der Waals surface area contributed by atoms with Crippen LogP contribution in [-0.4, -0.2) is 81.4 Å². The Balaban J connectivity index is 1.29. The Kier molecular flexibility index (Phi) is 4.95. The predicted octanol–water partition coefficient (Wildman–Crippen LogP) is 2.43. The van der Waals surface area contributed by atoms with Crippen molar-refractivity contribution in [2.24, 2.45) is 0 Å². The number of benzene rings is 1. The van der Waals surface area contributed by atoms with Crippen molar-refractivity contribution in [3.63, 3.8) is 0 Å². The first-order valence-corrected chi connectivity index (χ1v) is 11.2. The summed E-state index contributed by atoms with van der Waals surface area (Å²) in [5.74, 6) is 2.60. The molecule has 0 spiro atoms. The van der Waals surface area contributed by atoms with Crippen LogP contribution in [0.3, 0.4) is 0 Å². The number of aromatic nitrogens is 6. The molecule has 2 aliphatic heterocycles. The SMILES string of the molecule is CN1CCN(c2ccc3nc(-c4[nH]ncc4Nc4ncnc5c4OCCCN5)[nH]c3c2)CC1. The van der Waals surface area contributed by atoms with Crippen molar-refractivity contribution >= 4 is 34.0 Å². The van der Waals surface area contributed by atoms with Crippen molar-refractivity contribution in [2.75, 3.05) is 61.9 Å². The number of imidazole rings is 1. The molecular weight excluding hydrogens is 420 g/mol. The molecular formula is C22H26N10O. The van der Waals surface area contributed by atoms with Gasteiger partial charge in [-0.1, -0.05) is 0 Å². The van der Waals surface area contributed by atoms with Crippen LogP contribution in [0.25, 0.3) is 22.6 Å². The number of aromatic amines is 2. The second-order valence-corrected chi connectivity index (χ2v) is 8.39. The Hall–Kier alpha value is -3.86. The summed E-state index contributed by atoms with van der Waals surface area (Å²) in [6.45, 7) is 5.62. The van der Waals surface area contributed by atoms with Gasteiger partial charge in [-0.05, 0) is 31.7 Å². The van der Waals surface area contributed by atoms with E-state index in [1.54, 1.807) is 6.20 Å². The molecule has 3 aromatic heterocycles. The van der Waals surface area contributed by atoms with Crippen molar-refractivity contribution < 1.29 is 4.74 Å². The second kappa shape index (κ2) is 8.24. The summed E-state index contributed by atoms with van der Waals surface area (Å²) < 4.78 is 5.89. The molecule has 0 unspecified atom stereocenters. The Labute approximate surface area is 190 Å². The fraction of sp³-hybridized carbons (Fsp3) is 0.364. The van der Waals surface area contributed by atoms with Gasteiger partial charge in [-0.25, -0.2) is 15.0 Å². The van der Waals surface area contributed by atoms with E-state index in [-0.39, 0.29) is 0 Å². The highest BCUT2D eigenvalue weighted by atomic mass is 16.5. The summed E-state index contributed by atoms with van der Waals surface area (Å²) in [4.78, 5) is 21.7. The molecule has 5 heterocycles. The van der Waals surface area contributed by atoms with Crippen LogP contribution in [0.4, 0.5) is 23.0 Å². The van der Waals surface area contributed by atoms with Crippen molar-refractivity contribution in [1.82, 2.24) is 35.0 Å². The van der Waals surface area contributed by atoms with E-state index in [1.807, 2.05) is 0 Å². The molecule has 0 bridgehead atoms. The van der Waals surface area contributed by atoms with Crippen molar-refractivity contribution in [3.05, 3.63) is 30.7 Å². The van der Waals surface area contributed by atoms with Crippen LogP contribution in [0.2, 0.25) is 0 Å². The molecule has 0 amide bonds. The molecule has 6 rings (SSSR count). The maximum atomic E-state index is 5.89. The Morgan fingerprint density at radius 1 is 1.12 bits per heavy atom. The Bertz CT molecular complexity index is 1270. The van der Waals surface area contributed by atoms with Gasteiger partial charge in [0.2, 0.25) is 5.75 Å². The van der Waals surface area contributed by atoms with Gasteiger partial charge >= 0.3 is 0 Å². The first kappa shape index (κ1) is 19.8. The molecule has 0 saturated carbocycles. The minimum absolute atomic E-state index is 0.588. The van der Waals surface area contributed by atoms with E-state index in [0.29, 0.717) is 29.8 Å². The second-order valence-electron chi connectivity index (χ2n) is 8.39. The number of rotatable bonds is 4. The van der Waals surface area contributed by atoms with E-state index in [4.69, 9.17) is 9.72 Å². The van der Waals surface area contributed by atoms with Gasteiger partial charge in [0.1, 0.15) is 12.0 Å². The van der Waals surface area contributed by atoms with Crippen LogP contribution in [0.1, 0.15) is 6.42 Å². The number of nitrogens with zero attached hydrogens (tertiary/aromatic N) is 6. The number of anilines is 4. The van der Waals surface area contributed by atoms with Crippen LogP contribution >= 0.6 is 0 Å². The smallest absolute Gasteiger partial charge is 0.204 e. The van der Waals surface area contributed by atoms with E-state index in [9.17, 15) is 0 Å². The van der Waals surface area contributed by atoms with Crippen LogP contribution < -0.4 is 20.3 Å². The van der Waals surface area contributed by atoms with Crippen LogP contribution in [0, 0.1) is 0 Å². The summed E-state index contributed by atoms with van der Waals surface area (Å²) in [5, 5.41) is 13.9. The number of hydrogen-bond donors (Lipinski definition) is 4. The van der Waals surface area contributed by atoms with Gasteiger partial charge in [-0.2, -0.15) is 5.10 Å². The summed E-state index contributed by atoms with van der Waals surface area (Å²) in [5.41, 5.74) is 4.61. The first-order valence-electron chi connectivity index (χ1n) is 11.2. The molecule has 11 heteroatoms. The normalized spacial score (nSPS) is 16.7. The largest absolute Gasteiger partial charge is 0.486 e. The maximum absolute atomic E-state index is 5.89. The molecule has 2 aliphatic rings. The highest BCUT2D eigenvalue weighted by Crippen LogP contribution is 2.35. The zero-order valence-corrected chi connectivity index (χ0v) is 18.4. The lowest BCUT2D eigenvalue weighted by Crippen LogP contribution is -2.44. The molecule has 170 valence electrons. The topological polar surface area (TPSA) is 123 Å². The lowest BCUT2D eigenvalue weighted by molar-refractivity contribution is 0.313. The van der Waals surface area contributed by atoms with Crippen molar-refractivity contribution in [1.29, 1.82) is 0 Å². The number of piperazine rings is 1. The van der Waals surface area contributed by atoms with E-state index < -0.39 is 0 Å². The van der Waals surface area contributed by atoms with Gasteiger partial charge < -0.3 is 30.2 Å². The number of fused-ring (bicyclic) bond motifs is 2. The molecule has 33 heavy (non-hydrogen) atoms. The number of ether oxygens (including phenoxy) is 1. The molecule has 0 aliphatic carbocycles. The summed E-state index contributed by atoms with van der Waals surface area (Å²) in [6, 6.07) is 6.38. The highest BCUT2D eigenvalue weighted by Gasteiger charge is 2.20. The zero-order valence-electron chi connectivity index (χ0n) is 18.4. The average molecular weight is 447 g/mol. The molecule has 1 saturated heterocycles. The van der Waals surface area contributed by atoms with Crippen LogP contribution in [0.15, 0.2) is 30.7 Å². The third-order valence-corrected chi connectivity index (χ3v) is 6.13. The lowest BCUT2D eigenvalue weighted by Gasteiger charge is -2.34. The minimum Gasteiger partial charge on any atom is -0.486 e. The van der Waals surface area contributed by atoms with Crippen LogP contribution in [-0.2, 0) is 0 Å². The van der Waals surface area contributed by atoms with Gasteiger partial charge in [0.05, 0.1) is 29.5 Å². The lowest BCUT2D eigenvalue weighted by atomic mass is 10.2. The third kappa shape index (κ3) is 3.80. The molecule has 1 fully saturated rings. The van der Waals surface area contributed by atoms with Gasteiger partial charge in [-0.3, -0.25) is 5.10 Å². The van der Waals surface area contributed by atoms with Gasteiger partial charge in [0.25, 0.3) is 0 Å². The van der Waals surface area contributed by atoms with E-state index >= 15 is 0 Å². The third-order valence-electron chi connectivity index (χ3n) is 6.13. The standard InChI is InChI=1S/C22H26N10O/c1-31-6-8-32(9-7-31)14-3-4-15-16(11-14)28-20(27-15)18-17(12-26-30-18)29-22-19-21(24-13-25-22)23-5-2-10-33-19/h3-4,11-13H,2,5-10H2,1H3,(H,26,30)(H,27,28)(H2,23,24,25,29). The maximum Gasteiger partial charge on any atom is 0.204 e. The van der Waals surface area contributed by atoms with Crippen LogP contribution in [0.5, 0.6) is 5.75 Å². The van der Waals surface area contributed by atoms with E-state index in [2.05, 4.69) is 70.8 Å². The summed E-state index contributed by atoms with van der Waals surface area (Å²) in [6.07, 6.45) is 4.14. The van der Waals surface area contributed by atoms with Gasteiger partial charge in [0.15, 0.2) is 17.5 Å². The average Bonchev–Trinajstić information content (AvgIpc) is 3.39. The number of hydrogen-bond acceptors (Lipinski definition) is 9. The Morgan fingerprint density at radius 3 is 2.94 bits per heavy atom. The number of H-pyrrole nitrogens is 2. The molecule has 0 radical (unpaired) electrons. The first-order chi connectivity index (χ1) is 16.2. The monoisotopic (exact) mass is 446 g/mol. The predicted molar refractivity (Wildman–Crippen MR) is 127 cm³/mol. The molecule has 4 N–H and O–H groups in total. The van der Waals surface area contributed by atoms with Gasteiger partial charge in [-0.15, -0.1) is 0 Å². The minimum atomic E-state index is 0.588. The zero-order chi connectivity index (χ0) is 22.2. The molecule has 1 aromatic carbocycles. The number of nitrogens with one attached hydrogen (secondary N) is 4. The van der Waals surface area contributed by atoms with Crippen molar-refractivity contribution in [2.45, 2.75) is 6.42 Å². The van der Waals surface area contributed by atoms with E-state index in [0.717, 1.165) is 61.6 Å². The van der Waals surface area contributed by atoms with E-state index in [1.165, 1.54) is 12.0 Å². The fourth-order valence-corrected chi connectivity index (χ4v) is 4.24. The summed E-state index contributed by atoms with van der Waals surface area (Å²) >= 11 is 0. The molecule has 11 nitrogen and oxygen atoms in total. The summed E-state index contributed by atoms with van der Waals surface area (Å²) in [7, 11) is 2.17.